The van der Waals surface area contributed by atoms with Gasteiger partial charge in [0.15, 0.2) is 0 Å². The zero-order valence-electron chi connectivity index (χ0n) is 12.2. The maximum Gasteiger partial charge on any atom is 0.242 e. The van der Waals surface area contributed by atoms with Crippen LogP contribution in [0.15, 0.2) is 29.2 Å². The first kappa shape index (κ1) is 16.9. The quantitative estimate of drug-likeness (QED) is 0.653. The summed E-state index contributed by atoms with van der Waals surface area (Å²) < 4.78 is 31.5. The second-order valence-electron chi connectivity index (χ2n) is 4.55. The van der Waals surface area contributed by atoms with Crippen LogP contribution in [0, 0.1) is 0 Å². The van der Waals surface area contributed by atoms with E-state index in [1.54, 1.807) is 24.3 Å². The van der Waals surface area contributed by atoms with E-state index >= 15 is 0 Å². The van der Waals surface area contributed by atoms with Crippen molar-refractivity contribution in [1.82, 2.24) is 9.62 Å². The summed E-state index contributed by atoms with van der Waals surface area (Å²) in [6.07, 6.45) is 0. The van der Waals surface area contributed by atoms with Gasteiger partial charge in [0, 0.05) is 13.1 Å². The minimum Gasteiger partial charge on any atom is -0.382 e. The van der Waals surface area contributed by atoms with Crippen LogP contribution in [0.1, 0.15) is 0 Å². The Morgan fingerprint density at radius 1 is 1.20 bits per heavy atom. The third-order valence-corrected chi connectivity index (χ3v) is 4.16. The third-order valence-electron chi connectivity index (χ3n) is 2.69. The van der Waals surface area contributed by atoms with Gasteiger partial charge in [-0.05, 0) is 33.3 Å². The summed E-state index contributed by atoms with van der Waals surface area (Å²) in [7, 11) is 1.92. The first-order chi connectivity index (χ1) is 9.47. The Bertz CT molecular complexity index is 503. The monoisotopic (exact) mass is 301 g/mol. The van der Waals surface area contributed by atoms with Crippen LogP contribution in [-0.4, -0.2) is 60.8 Å². The Kier molecular flexibility index (Phi) is 6.94. The third kappa shape index (κ3) is 5.46. The molecule has 2 N–H and O–H groups in total. The van der Waals surface area contributed by atoms with Gasteiger partial charge in [-0.25, -0.2) is 13.1 Å². The number of likely N-dealkylation sites (N-methyl/N-ethyl adjacent to an activating group) is 1. The molecule has 1 aromatic rings. The number of anilines is 1. The van der Waals surface area contributed by atoms with Gasteiger partial charge in [0.2, 0.25) is 10.0 Å². The van der Waals surface area contributed by atoms with Crippen molar-refractivity contribution in [2.45, 2.75) is 4.90 Å². The normalized spacial score (nSPS) is 11.8. The molecule has 0 aliphatic heterocycles. The maximum absolute atomic E-state index is 11.8. The molecule has 0 aliphatic rings. The first-order valence-corrected chi connectivity index (χ1v) is 7.94. The van der Waals surface area contributed by atoms with E-state index in [2.05, 4.69) is 10.0 Å². The lowest BCUT2D eigenvalue weighted by atomic mass is 10.3. The highest BCUT2D eigenvalue weighted by atomic mass is 32.2. The molecule has 20 heavy (non-hydrogen) atoms. The molecule has 0 aliphatic carbocycles. The molecule has 0 spiro atoms. The van der Waals surface area contributed by atoms with Crippen LogP contribution >= 0.6 is 0 Å². The summed E-state index contributed by atoms with van der Waals surface area (Å²) >= 11 is 0. The molecular weight excluding hydrogens is 278 g/mol. The highest BCUT2D eigenvalue weighted by Gasteiger charge is 2.15. The first-order valence-electron chi connectivity index (χ1n) is 6.46. The molecule has 1 rings (SSSR count). The molecule has 0 heterocycles. The smallest absolute Gasteiger partial charge is 0.242 e. The fraction of sp³-hybridized carbons (Fsp3) is 0.538. The van der Waals surface area contributed by atoms with Crippen molar-refractivity contribution in [2.75, 3.05) is 52.8 Å². The Balaban J connectivity index is 2.49. The number of nitrogens with one attached hydrogen (secondary N) is 2. The molecule has 7 heteroatoms. The van der Waals surface area contributed by atoms with Gasteiger partial charge in [-0.2, -0.15) is 0 Å². The van der Waals surface area contributed by atoms with E-state index in [0.29, 0.717) is 25.4 Å². The van der Waals surface area contributed by atoms with Gasteiger partial charge < -0.3 is 15.0 Å². The molecule has 0 fully saturated rings. The second kappa shape index (κ2) is 8.21. The lowest BCUT2D eigenvalue weighted by Crippen LogP contribution is -2.22. The standard InChI is InChI=1S/C13H23N3O3S/c1-14-20(17,18)13-7-5-4-6-12(13)15-8-10-19-11-9-16(2)3/h4-7,14-15H,8-11H2,1-3H3. The molecule has 0 unspecified atom stereocenters. The largest absolute Gasteiger partial charge is 0.382 e. The summed E-state index contributed by atoms with van der Waals surface area (Å²) in [5, 5.41) is 3.08. The average molecular weight is 301 g/mol. The van der Waals surface area contributed by atoms with Crippen LogP contribution in [0.25, 0.3) is 0 Å². The highest BCUT2D eigenvalue weighted by Crippen LogP contribution is 2.19. The van der Waals surface area contributed by atoms with Crippen LogP contribution in [-0.2, 0) is 14.8 Å². The number of rotatable bonds is 9. The van der Waals surface area contributed by atoms with Crippen molar-refractivity contribution in [1.29, 1.82) is 0 Å². The maximum atomic E-state index is 11.8. The summed E-state index contributed by atoms with van der Waals surface area (Å²) in [5.74, 6) is 0. The fourth-order valence-electron chi connectivity index (χ4n) is 1.56. The van der Waals surface area contributed by atoms with Crippen LogP contribution in [0.5, 0.6) is 0 Å². The van der Waals surface area contributed by atoms with Gasteiger partial charge >= 0.3 is 0 Å². The summed E-state index contributed by atoms with van der Waals surface area (Å²) in [4.78, 5) is 2.29. The number of sulfonamides is 1. The minimum atomic E-state index is -3.45. The molecule has 0 saturated heterocycles. The van der Waals surface area contributed by atoms with Crippen LogP contribution in [0.4, 0.5) is 5.69 Å². The molecule has 1 aromatic carbocycles. The zero-order chi connectivity index (χ0) is 15.0. The minimum absolute atomic E-state index is 0.246. The van der Waals surface area contributed by atoms with E-state index < -0.39 is 10.0 Å². The predicted molar refractivity (Wildman–Crippen MR) is 80.6 cm³/mol. The van der Waals surface area contributed by atoms with Crippen molar-refractivity contribution >= 4 is 15.7 Å². The Morgan fingerprint density at radius 3 is 2.55 bits per heavy atom. The lowest BCUT2D eigenvalue weighted by Gasteiger charge is -2.13. The topological polar surface area (TPSA) is 70.7 Å². The molecule has 0 radical (unpaired) electrons. The van der Waals surface area contributed by atoms with Gasteiger partial charge in [0.05, 0.1) is 18.9 Å². The Morgan fingerprint density at radius 2 is 1.90 bits per heavy atom. The van der Waals surface area contributed by atoms with E-state index in [0.717, 1.165) is 6.54 Å². The van der Waals surface area contributed by atoms with Crippen LogP contribution in [0.2, 0.25) is 0 Å². The van der Waals surface area contributed by atoms with Gasteiger partial charge in [0.25, 0.3) is 0 Å². The number of para-hydroxylation sites is 1. The van der Waals surface area contributed by atoms with Crippen molar-refractivity contribution < 1.29 is 13.2 Å². The molecule has 0 amide bonds. The van der Waals surface area contributed by atoms with Gasteiger partial charge in [-0.3, -0.25) is 0 Å². The van der Waals surface area contributed by atoms with Gasteiger partial charge in [-0.15, -0.1) is 0 Å². The molecule has 0 bridgehead atoms. The summed E-state index contributed by atoms with van der Waals surface area (Å²) in [6, 6.07) is 6.80. The number of benzene rings is 1. The van der Waals surface area contributed by atoms with Gasteiger partial charge in [-0.1, -0.05) is 12.1 Å². The van der Waals surface area contributed by atoms with E-state index in [4.69, 9.17) is 4.74 Å². The van der Waals surface area contributed by atoms with E-state index in [-0.39, 0.29) is 4.90 Å². The van der Waals surface area contributed by atoms with Crippen molar-refractivity contribution in [3.05, 3.63) is 24.3 Å². The molecule has 6 nitrogen and oxygen atoms in total. The average Bonchev–Trinajstić information content (AvgIpc) is 2.42. The second-order valence-corrected chi connectivity index (χ2v) is 6.40. The number of hydrogen-bond donors (Lipinski definition) is 2. The van der Waals surface area contributed by atoms with Crippen LogP contribution in [0.3, 0.4) is 0 Å². The lowest BCUT2D eigenvalue weighted by molar-refractivity contribution is 0.126. The SMILES string of the molecule is CNS(=O)(=O)c1ccccc1NCCOCCN(C)C. The van der Waals surface area contributed by atoms with Gasteiger partial charge in [0.1, 0.15) is 4.90 Å². The summed E-state index contributed by atoms with van der Waals surface area (Å²) in [6.45, 7) is 2.61. The number of hydrogen-bond acceptors (Lipinski definition) is 5. The van der Waals surface area contributed by atoms with Crippen LogP contribution < -0.4 is 10.0 Å². The predicted octanol–water partition coefficient (Wildman–Crippen LogP) is 0.585. The Labute approximate surface area is 121 Å². The summed E-state index contributed by atoms with van der Waals surface area (Å²) in [5.41, 5.74) is 0.582. The molecular formula is C13H23N3O3S. The highest BCUT2D eigenvalue weighted by molar-refractivity contribution is 7.89. The number of nitrogens with zero attached hydrogens (tertiary/aromatic N) is 1. The molecule has 0 aromatic heterocycles. The molecule has 0 atom stereocenters. The van der Waals surface area contributed by atoms with E-state index in [9.17, 15) is 8.42 Å². The number of ether oxygens (including phenoxy) is 1. The Hall–Kier alpha value is -1.15. The van der Waals surface area contributed by atoms with Crippen molar-refractivity contribution in [3.63, 3.8) is 0 Å². The molecule has 0 saturated carbocycles. The fourth-order valence-corrected chi connectivity index (χ4v) is 2.47. The van der Waals surface area contributed by atoms with Crippen molar-refractivity contribution in [2.24, 2.45) is 0 Å². The molecule has 114 valence electrons. The van der Waals surface area contributed by atoms with E-state index in [1.807, 2.05) is 19.0 Å². The van der Waals surface area contributed by atoms with Crippen molar-refractivity contribution in [3.8, 4) is 0 Å². The zero-order valence-corrected chi connectivity index (χ0v) is 13.0. The van der Waals surface area contributed by atoms with E-state index in [1.165, 1.54) is 7.05 Å².